The zero-order valence-corrected chi connectivity index (χ0v) is 14.3. The summed E-state index contributed by atoms with van der Waals surface area (Å²) in [5, 5.41) is 4.97. The van der Waals surface area contributed by atoms with Crippen LogP contribution in [0.25, 0.3) is 34.0 Å². The number of aryl methyl sites for hydroxylation is 1. The monoisotopic (exact) mass is 334 g/mol. The van der Waals surface area contributed by atoms with Crippen LogP contribution in [0.1, 0.15) is 11.4 Å². The van der Waals surface area contributed by atoms with E-state index in [0.717, 1.165) is 23.1 Å². The molecule has 126 valence electrons. The van der Waals surface area contributed by atoms with Crippen LogP contribution in [0.5, 0.6) is 0 Å². The van der Waals surface area contributed by atoms with E-state index in [-0.39, 0.29) is 0 Å². The molecule has 4 rings (SSSR count). The van der Waals surface area contributed by atoms with Gasteiger partial charge in [0.25, 0.3) is 5.89 Å². The summed E-state index contributed by atoms with van der Waals surface area (Å²) >= 11 is 0. The zero-order valence-electron chi connectivity index (χ0n) is 14.3. The van der Waals surface area contributed by atoms with Crippen LogP contribution < -0.4 is 0 Å². The summed E-state index contributed by atoms with van der Waals surface area (Å²) in [7, 11) is 4.09. The molecule has 0 atom stereocenters. The van der Waals surface area contributed by atoms with Gasteiger partial charge < -0.3 is 14.4 Å². The zero-order chi connectivity index (χ0) is 17.4. The van der Waals surface area contributed by atoms with Crippen LogP contribution in [0.4, 0.5) is 0 Å². The molecule has 0 aliphatic carbocycles. The van der Waals surface area contributed by atoms with Gasteiger partial charge in [0, 0.05) is 18.3 Å². The molecule has 0 saturated carbocycles. The number of hydrogen-bond donors (Lipinski definition) is 1. The summed E-state index contributed by atoms with van der Waals surface area (Å²) in [6.45, 7) is 2.73. The number of fused-ring (bicyclic) bond motifs is 1. The second-order valence-electron chi connectivity index (χ2n) is 6.22. The minimum absolute atomic E-state index is 0.391. The standard InChI is InChI=1S/C18H18N6O/c1-11-20-15(14-8-9-19-17(14)21-11)18-22-16(23-25-18)13-6-4-12(5-7-13)10-24(2)3/h4-9H,10H2,1-3H3,(H,19,20,21). The van der Waals surface area contributed by atoms with Gasteiger partial charge in [-0.15, -0.1) is 0 Å². The lowest BCUT2D eigenvalue weighted by atomic mass is 10.1. The van der Waals surface area contributed by atoms with E-state index in [1.54, 1.807) is 0 Å². The molecule has 3 aromatic heterocycles. The topological polar surface area (TPSA) is 83.7 Å². The van der Waals surface area contributed by atoms with Crippen molar-refractivity contribution >= 4 is 11.0 Å². The van der Waals surface area contributed by atoms with Gasteiger partial charge in [-0.05, 0) is 32.6 Å². The molecule has 3 heterocycles. The third kappa shape index (κ3) is 3.01. The fourth-order valence-electron chi connectivity index (χ4n) is 2.78. The van der Waals surface area contributed by atoms with Crippen molar-refractivity contribution in [3.05, 3.63) is 47.9 Å². The predicted octanol–water partition coefficient (Wildman–Crippen LogP) is 3.04. The van der Waals surface area contributed by atoms with Crippen molar-refractivity contribution in [3.63, 3.8) is 0 Å². The Morgan fingerprint density at radius 2 is 1.84 bits per heavy atom. The number of aromatic amines is 1. The van der Waals surface area contributed by atoms with E-state index in [1.165, 1.54) is 5.56 Å². The molecule has 1 N–H and O–H groups in total. The predicted molar refractivity (Wildman–Crippen MR) is 94.7 cm³/mol. The van der Waals surface area contributed by atoms with Gasteiger partial charge >= 0.3 is 0 Å². The number of nitrogens with zero attached hydrogens (tertiary/aromatic N) is 5. The maximum Gasteiger partial charge on any atom is 0.277 e. The van der Waals surface area contributed by atoms with E-state index in [2.05, 4.69) is 42.1 Å². The molecule has 0 radical (unpaired) electrons. The molecule has 4 aromatic rings. The van der Waals surface area contributed by atoms with Gasteiger partial charge in [0.05, 0.1) is 5.39 Å². The van der Waals surface area contributed by atoms with Crippen LogP contribution in [-0.4, -0.2) is 44.1 Å². The van der Waals surface area contributed by atoms with Crippen molar-refractivity contribution in [2.45, 2.75) is 13.5 Å². The lowest BCUT2D eigenvalue weighted by molar-refractivity contribution is 0.402. The van der Waals surface area contributed by atoms with Crippen molar-refractivity contribution in [2.24, 2.45) is 0 Å². The molecular formula is C18H18N6O. The largest absolute Gasteiger partial charge is 0.346 e. The first-order chi connectivity index (χ1) is 12.1. The second kappa shape index (κ2) is 6.10. The van der Waals surface area contributed by atoms with Crippen molar-refractivity contribution < 1.29 is 4.52 Å². The molecule has 0 aliphatic rings. The van der Waals surface area contributed by atoms with Gasteiger partial charge in [-0.2, -0.15) is 4.98 Å². The fraction of sp³-hybridized carbons (Fsp3) is 0.222. The van der Waals surface area contributed by atoms with Crippen LogP contribution in [0.15, 0.2) is 41.1 Å². The van der Waals surface area contributed by atoms with Crippen molar-refractivity contribution in [2.75, 3.05) is 14.1 Å². The molecule has 0 unspecified atom stereocenters. The lowest BCUT2D eigenvalue weighted by Gasteiger charge is -2.09. The van der Waals surface area contributed by atoms with Crippen LogP contribution in [0, 0.1) is 6.92 Å². The molecule has 0 fully saturated rings. The number of benzene rings is 1. The third-order valence-electron chi connectivity index (χ3n) is 3.87. The average Bonchev–Trinajstić information content (AvgIpc) is 3.23. The Morgan fingerprint density at radius 3 is 2.60 bits per heavy atom. The van der Waals surface area contributed by atoms with E-state index >= 15 is 0 Å². The maximum absolute atomic E-state index is 5.46. The first kappa shape index (κ1) is 15.5. The molecule has 1 aromatic carbocycles. The lowest BCUT2D eigenvalue weighted by Crippen LogP contribution is -2.10. The third-order valence-corrected chi connectivity index (χ3v) is 3.87. The molecule has 0 amide bonds. The van der Waals surface area contributed by atoms with Crippen molar-refractivity contribution in [1.82, 2.24) is 30.0 Å². The molecule has 0 aliphatic heterocycles. The highest BCUT2D eigenvalue weighted by Gasteiger charge is 2.16. The highest BCUT2D eigenvalue weighted by atomic mass is 16.5. The maximum atomic E-state index is 5.46. The van der Waals surface area contributed by atoms with E-state index in [0.29, 0.717) is 23.2 Å². The summed E-state index contributed by atoms with van der Waals surface area (Å²) in [5.74, 6) is 1.59. The molecule has 25 heavy (non-hydrogen) atoms. The molecule has 0 saturated heterocycles. The molecule has 7 heteroatoms. The Labute approximate surface area is 144 Å². The second-order valence-corrected chi connectivity index (χ2v) is 6.22. The Kier molecular flexibility index (Phi) is 3.77. The van der Waals surface area contributed by atoms with Crippen molar-refractivity contribution in [1.29, 1.82) is 0 Å². The van der Waals surface area contributed by atoms with Gasteiger partial charge in [0.15, 0.2) is 0 Å². The minimum Gasteiger partial charge on any atom is -0.346 e. The Balaban J connectivity index is 1.69. The number of nitrogens with one attached hydrogen (secondary N) is 1. The van der Waals surface area contributed by atoms with Crippen LogP contribution in [-0.2, 0) is 6.54 Å². The normalized spacial score (nSPS) is 11.5. The van der Waals surface area contributed by atoms with Gasteiger partial charge in [0.2, 0.25) is 5.82 Å². The Hall–Kier alpha value is -3.06. The van der Waals surface area contributed by atoms with Crippen LogP contribution in [0.2, 0.25) is 0 Å². The number of rotatable bonds is 4. The van der Waals surface area contributed by atoms with Crippen LogP contribution >= 0.6 is 0 Å². The Bertz CT molecular complexity index is 1020. The van der Waals surface area contributed by atoms with Crippen molar-refractivity contribution in [3.8, 4) is 23.0 Å². The van der Waals surface area contributed by atoms with E-state index < -0.39 is 0 Å². The van der Waals surface area contributed by atoms with Gasteiger partial charge in [-0.25, -0.2) is 9.97 Å². The number of aromatic nitrogens is 5. The van der Waals surface area contributed by atoms with Gasteiger partial charge in [-0.1, -0.05) is 29.4 Å². The molecular weight excluding hydrogens is 316 g/mol. The smallest absolute Gasteiger partial charge is 0.277 e. The molecule has 0 spiro atoms. The van der Waals surface area contributed by atoms with E-state index in [9.17, 15) is 0 Å². The summed E-state index contributed by atoms with van der Waals surface area (Å²) in [6.07, 6.45) is 1.82. The first-order valence-electron chi connectivity index (χ1n) is 8.00. The van der Waals surface area contributed by atoms with Crippen LogP contribution in [0.3, 0.4) is 0 Å². The quantitative estimate of drug-likeness (QED) is 0.617. The highest BCUT2D eigenvalue weighted by Crippen LogP contribution is 2.26. The van der Waals surface area contributed by atoms with Gasteiger partial charge in [-0.3, -0.25) is 0 Å². The first-order valence-corrected chi connectivity index (χ1v) is 8.00. The van der Waals surface area contributed by atoms with Gasteiger partial charge in [0.1, 0.15) is 17.2 Å². The Morgan fingerprint density at radius 1 is 1.04 bits per heavy atom. The number of hydrogen-bond acceptors (Lipinski definition) is 6. The van der Waals surface area contributed by atoms with E-state index in [4.69, 9.17) is 4.52 Å². The fourth-order valence-corrected chi connectivity index (χ4v) is 2.78. The SMILES string of the molecule is Cc1nc(-c2nc(-c3ccc(CN(C)C)cc3)no2)c2cc[nH]c2n1. The summed E-state index contributed by atoms with van der Waals surface area (Å²) in [4.78, 5) is 18.6. The van der Waals surface area contributed by atoms with E-state index in [1.807, 2.05) is 45.4 Å². The summed E-state index contributed by atoms with van der Waals surface area (Å²) in [6, 6.07) is 10.1. The average molecular weight is 334 g/mol. The summed E-state index contributed by atoms with van der Waals surface area (Å²) in [5.41, 5.74) is 3.55. The molecule has 7 nitrogen and oxygen atoms in total. The summed E-state index contributed by atoms with van der Waals surface area (Å²) < 4.78 is 5.46. The minimum atomic E-state index is 0.391. The molecule has 0 bridgehead atoms. The highest BCUT2D eigenvalue weighted by molar-refractivity contribution is 5.88. The number of H-pyrrole nitrogens is 1.